The Hall–Kier alpha value is -2.22. The van der Waals surface area contributed by atoms with Gasteiger partial charge in [0.15, 0.2) is 0 Å². The van der Waals surface area contributed by atoms with Crippen LogP contribution in [0.5, 0.6) is 0 Å². The average Bonchev–Trinajstić information content (AvgIpc) is 2.47. The Morgan fingerprint density at radius 2 is 1.06 bits per heavy atom. The van der Waals surface area contributed by atoms with Crippen LogP contribution in [0.25, 0.3) is 0 Å². The smallest absolute Gasteiger partial charge is 0.0396 e. The van der Waals surface area contributed by atoms with E-state index in [2.05, 4.69) is 22.1 Å². The fourth-order valence-electron chi connectivity index (χ4n) is 1.74. The molecular formula is C17H11Si. The van der Waals surface area contributed by atoms with E-state index >= 15 is 0 Å². The Morgan fingerprint density at radius 1 is 0.722 bits per heavy atom. The largest absolute Gasteiger partial charge is 0.115 e. The van der Waals surface area contributed by atoms with Gasteiger partial charge in [0.1, 0.15) is 0 Å². The van der Waals surface area contributed by atoms with E-state index in [9.17, 15) is 0 Å². The van der Waals surface area contributed by atoms with Gasteiger partial charge in [0.05, 0.1) is 0 Å². The standard InChI is InChI=1S/C17H11Si/c1-3-13-5-9-15(10-6-13)17(18)16-11-7-14(4-2)8-12-16/h1-2,5-12,17H. The van der Waals surface area contributed by atoms with Crippen LogP contribution >= 0.6 is 0 Å². The molecule has 0 nitrogen and oxygen atoms in total. The van der Waals surface area contributed by atoms with Crippen molar-refractivity contribution in [3.05, 3.63) is 70.8 Å². The molecule has 83 valence electrons. The lowest BCUT2D eigenvalue weighted by atomic mass is 10.0. The molecule has 0 unspecified atom stereocenters. The zero-order valence-corrected chi connectivity index (χ0v) is 10.9. The molecule has 2 aromatic rings. The average molecular weight is 243 g/mol. The van der Waals surface area contributed by atoms with Crippen molar-refractivity contribution in [1.82, 2.24) is 0 Å². The van der Waals surface area contributed by atoms with Crippen LogP contribution in [0.2, 0.25) is 0 Å². The minimum Gasteiger partial charge on any atom is -0.115 e. The molecule has 0 heterocycles. The van der Waals surface area contributed by atoms with Gasteiger partial charge in [0.25, 0.3) is 0 Å². The Labute approximate surface area is 111 Å². The Balaban J connectivity index is 2.27. The molecule has 1 heteroatoms. The molecule has 0 aliphatic carbocycles. The highest BCUT2D eigenvalue weighted by Gasteiger charge is 2.07. The predicted molar refractivity (Wildman–Crippen MR) is 76.4 cm³/mol. The molecule has 0 bridgehead atoms. The molecule has 18 heavy (non-hydrogen) atoms. The first-order valence-corrected chi connectivity index (χ1v) is 6.16. The number of benzene rings is 2. The van der Waals surface area contributed by atoms with Gasteiger partial charge < -0.3 is 0 Å². The van der Waals surface area contributed by atoms with Crippen LogP contribution in [0.15, 0.2) is 48.5 Å². The summed E-state index contributed by atoms with van der Waals surface area (Å²) in [6.07, 6.45) is 10.7. The number of hydrogen-bond donors (Lipinski definition) is 0. The van der Waals surface area contributed by atoms with Gasteiger partial charge in [-0.05, 0) is 40.9 Å². The molecule has 2 rings (SSSR count). The van der Waals surface area contributed by atoms with Crippen molar-refractivity contribution in [2.75, 3.05) is 0 Å². The summed E-state index contributed by atoms with van der Waals surface area (Å²) in [6.45, 7) is 0. The number of rotatable bonds is 2. The first kappa shape index (κ1) is 12.2. The van der Waals surface area contributed by atoms with Crippen LogP contribution < -0.4 is 0 Å². The summed E-state index contributed by atoms with van der Waals surface area (Å²) in [7, 11) is 3.74. The summed E-state index contributed by atoms with van der Waals surface area (Å²) in [5.41, 5.74) is 4.25. The van der Waals surface area contributed by atoms with Crippen LogP contribution in [-0.4, -0.2) is 10.2 Å². The van der Waals surface area contributed by atoms with Gasteiger partial charge in [-0.2, -0.15) is 0 Å². The van der Waals surface area contributed by atoms with Crippen molar-refractivity contribution in [1.29, 1.82) is 0 Å². The molecule has 0 atom stereocenters. The van der Waals surface area contributed by atoms with Gasteiger partial charge in [-0.3, -0.25) is 0 Å². The van der Waals surface area contributed by atoms with Crippen molar-refractivity contribution >= 4 is 10.2 Å². The molecule has 0 saturated heterocycles. The molecule has 0 fully saturated rings. The van der Waals surface area contributed by atoms with Crippen molar-refractivity contribution in [2.45, 2.75) is 5.54 Å². The lowest BCUT2D eigenvalue weighted by molar-refractivity contribution is 1.14. The van der Waals surface area contributed by atoms with E-state index in [0.29, 0.717) is 0 Å². The van der Waals surface area contributed by atoms with Crippen LogP contribution in [0, 0.1) is 24.7 Å². The highest BCUT2D eigenvalue weighted by atomic mass is 28.1. The molecule has 0 saturated carbocycles. The second-order valence-corrected chi connectivity index (χ2v) is 4.54. The SMILES string of the molecule is C#Cc1ccc(C([Si])c2ccc(C#C)cc2)cc1. The third-order valence-corrected chi connectivity index (χ3v) is 3.49. The summed E-state index contributed by atoms with van der Waals surface area (Å²) in [5.74, 6) is 5.22. The molecule has 2 aromatic carbocycles. The summed E-state index contributed by atoms with van der Waals surface area (Å²) in [5, 5.41) is 0. The van der Waals surface area contributed by atoms with Crippen LogP contribution in [0.4, 0.5) is 0 Å². The molecule has 0 N–H and O–H groups in total. The third kappa shape index (κ3) is 2.54. The molecule has 0 aliphatic heterocycles. The summed E-state index contributed by atoms with van der Waals surface area (Å²) < 4.78 is 0. The van der Waals surface area contributed by atoms with E-state index < -0.39 is 0 Å². The van der Waals surface area contributed by atoms with Gasteiger partial charge in [0.2, 0.25) is 0 Å². The van der Waals surface area contributed by atoms with E-state index in [0.717, 1.165) is 11.1 Å². The van der Waals surface area contributed by atoms with Gasteiger partial charge in [-0.15, -0.1) is 12.8 Å². The maximum atomic E-state index is 5.34. The van der Waals surface area contributed by atoms with Crippen LogP contribution in [-0.2, 0) is 0 Å². The van der Waals surface area contributed by atoms with Gasteiger partial charge in [-0.25, -0.2) is 0 Å². The maximum Gasteiger partial charge on any atom is 0.0396 e. The summed E-state index contributed by atoms with van der Waals surface area (Å²) >= 11 is 0. The van der Waals surface area contributed by atoms with E-state index in [1.807, 2.05) is 48.5 Å². The molecule has 3 radical (unpaired) electrons. The van der Waals surface area contributed by atoms with E-state index in [4.69, 9.17) is 12.8 Å². The molecule has 0 aliphatic rings. The van der Waals surface area contributed by atoms with Crippen molar-refractivity contribution in [2.24, 2.45) is 0 Å². The second-order valence-electron chi connectivity index (χ2n) is 3.97. The van der Waals surface area contributed by atoms with Gasteiger partial charge in [-0.1, -0.05) is 36.1 Å². The monoisotopic (exact) mass is 243 g/mol. The highest BCUT2D eigenvalue weighted by Crippen LogP contribution is 2.21. The maximum absolute atomic E-state index is 5.34. The zero-order chi connectivity index (χ0) is 13.0. The van der Waals surface area contributed by atoms with Crippen LogP contribution in [0.1, 0.15) is 27.8 Å². The Morgan fingerprint density at radius 3 is 1.33 bits per heavy atom. The highest BCUT2D eigenvalue weighted by molar-refractivity contribution is 6.14. The molecule has 0 amide bonds. The first-order valence-electron chi connectivity index (χ1n) is 5.59. The van der Waals surface area contributed by atoms with Crippen LogP contribution in [0.3, 0.4) is 0 Å². The lowest BCUT2D eigenvalue weighted by Crippen LogP contribution is -2.00. The Kier molecular flexibility index (Phi) is 3.68. The molecule has 0 aromatic heterocycles. The summed E-state index contributed by atoms with van der Waals surface area (Å²) in [4.78, 5) is 0. The van der Waals surface area contributed by atoms with E-state index in [1.165, 1.54) is 11.1 Å². The predicted octanol–water partition coefficient (Wildman–Crippen LogP) is 2.91. The number of terminal acetylenes is 2. The lowest BCUT2D eigenvalue weighted by Gasteiger charge is -2.12. The fourth-order valence-corrected chi connectivity index (χ4v) is 2.12. The second kappa shape index (κ2) is 5.41. The summed E-state index contributed by atoms with van der Waals surface area (Å²) in [6, 6.07) is 15.9. The fraction of sp³-hybridized carbons (Fsp3) is 0.0588. The topological polar surface area (TPSA) is 0 Å². The van der Waals surface area contributed by atoms with Crippen molar-refractivity contribution in [3.63, 3.8) is 0 Å². The quantitative estimate of drug-likeness (QED) is 0.562. The van der Waals surface area contributed by atoms with Crippen molar-refractivity contribution < 1.29 is 0 Å². The number of hydrogen-bond acceptors (Lipinski definition) is 0. The third-order valence-electron chi connectivity index (χ3n) is 2.82. The Bertz CT molecular complexity index is 549. The van der Waals surface area contributed by atoms with E-state index in [1.54, 1.807) is 0 Å². The minimum atomic E-state index is 0.142. The minimum absolute atomic E-state index is 0.142. The zero-order valence-electron chi connectivity index (χ0n) is 9.85. The van der Waals surface area contributed by atoms with Gasteiger partial charge >= 0.3 is 0 Å². The van der Waals surface area contributed by atoms with E-state index in [-0.39, 0.29) is 5.54 Å². The first-order chi connectivity index (χ1) is 8.74. The normalized spacial score (nSPS) is 9.78. The van der Waals surface area contributed by atoms with Crippen molar-refractivity contribution in [3.8, 4) is 24.7 Å². The molecular weight excluding hydrogens is 232 g/mol. The molecule has 0 spiro atoms. The van der Waals surface area contributed by atoms with Gasteiger partial charge in [0, 0.05) is 21.4 Å².